The number of benzene rings is 1. The molecule has 0 spiro atoms. The minimum Gasteiger partial charge on any atom is -0.354 e. The molecule has 0 amide bonds. The summed E-state index contributed by atoms with van der Waals surface area (Å²) in [5.74, 6) is 0.639. The lowest BCUT2D eigenvalue weighted by Gasteiger charge is -2.04. The molecule has 2 aromatic rings. The Labute approximate surface area is 99.5 Å². The van der Waals surface area contributed by atoms with E-state index in [4.69, 9.17) is 11.6 Å². The summed E-state index contributed by atoms with van der Waals surface area (Å²) in [4.78, 5) is 8.51. The van der Waals surface area contributed by atoms with E-state index in [9.17, 15) is 0 Å². The lowest BCUT2D eigenvalue weighted by atomic mass is 10.1. The topological polar surface area (TPSA) is 37.8 Å². The normalized spacial score (nSPS) is 10.1. The summed E-state index contributed by atoms with van der Waals surface area (Å²) in [6.45, 7) is 2.81. The van der Waals surface area contributed by atoms with Crippen LogP contribution in [0.5, 0.6) is 0 Å². The largest absolute Gasteiger partial charge is 0.354 e. The van der Waals surface area contributed by atoms with Crippen LogP contribution < -0.4 is 5.32 Å². The molecule has 0 fully saturated rings. The van der Waals surface area contributed by atoms with Gasteiger partial charge in [0.1, 0.15) is 0 Å². The average molecular weight is 234 g/mol. The van der Waals surface area contributed by atoms with E-state index in [-0.39, 0.29) is 0 Å². The second-order valence-electron chi connectivity index (χ2n) is 3.31. The van der Waals surface area contributed by atoms with Gasteiger partial charge in [-0.05, 0) is 25.1 Å². The van der Waals surface area contributed by atoms with E-state index in [1.165, 1.54) is 0 Å². The molecule has 0 bridgehead atoms. The third kappa shape index (κ3) is 2.49. The molecule has 2 rings (SSSR count). The predicted molar refractivity (Wildman–Crippen MR) is 66.6 cm³/mol. The first-order valence-corrected chi connectivity index (χ1v) is 5.50. The van der Waals surface area contributed by atoms with Gasteiger partial charge in [-0.25, -0.2) is 9.97 Å². The summed E-state index contributed by atoms with van der Waals surface area (Å²) >= 11 is 5.94. The standard InChI is InChI=1S/C12H12ClN3/c1-2-14-12-15-7-6-11(16-12)9-4-3-5-10(13)8-9/h3-8H,2H2,1H3,(H,14,15,16). The van der Waals surface area contributed by atoms with Crippen molar-refractivity contribution in [1.29, 1.82) is 0 Å². The number of hydrogen-bond acceptors (Lipinski definition) is 3. The number of aromatic nitrogens is 2. The predicted octanol–water partition coefficient (Wildman–Crippen LogP) is 3.23. The molecule has 0 radical (unpaired) electrons. The second kappa shape index (κ2) is 4.94. The monoisotopic (exact) mass is 233 g/mol. The van der Waals surface area contributed by atoms with Crippen LogP contribution in [-0.4, -0.2) is 16.5 Å². The maximum Gasteiger partial charge on any atom is 0.223 e. The fourth-order valence-corrected chi connectivity index (χ4v) is 1.60. The smallest absolute Gasteiger partial charge is 0.223 e. The highest BCUT2D eigenvalue weighted by Crippen LogP contribution is 2.21. The van der Waals surface area contributed by atoms with Crippen molar-refractivity contribution in [1.82, 2.24) is 9.97 Å². The number of anilines is 1. The Morgan fingerprint density at radius 1 is 1.31 bits per heavy atom. The summed E-state index contributed by atoms with van der Waals surface area (Å²) in [6, 6.07) is 9.49. The van der Waals surface area contributed by atoms with E-state index in [0.29, 0.717) is 11.0 Å². The van der Waals surface area contributed by atoms with Crippen LogP contribution in [-0.2, 0) is 0 Å². The second-order valence-corrected chi connectivity index (χ2v) is 3.74. The highest BCUT2D eigenvalue weighted by Gasteiger charge is 2.01. The van der Waals surface area contributed by atoms with Gasteiger partial charge in [0.15, 0.2) is 0 Å². The van der Waals surface area contributed by atoms with E-state index < -0.39 is 0 Å². The number of nitrogens with one attached hydrogen (secondary N) is 1. The number of rotatable bonds is 3. The van der Waals surface area contributed by atoms with Crippen LogP contribution in [0.3, 0.4) is 0 Å². The molecule has 1 aromatic carbocycles. The van der Waals surface area contributed by atoms with Crippen LogP contribution in [0.15, 0.2) is 36.5 Å². The van der Waals surface area contributed by atoms with E-state index in [2.05, 4.69) is 15.3 Å². The molecule has 1 N–H and O–H groups in total. The van der Waals surface area contributed by atoms with Crippen molar-refractivity contribution in [2.45, 2.75) is 6.92 Å². The summed E-state index contributed by atoms with van der Waals surface area (Å²) in [6.07, 6.45) is 1.74. The minimum atomic E-state index is 0.639. The molecule has 1 heterocycles. The van der Waals surface area contributed by atoms with E-state index in [1.807, 2.05) is 37.3 Å². The fraction of sp³-hybridized carbons (Fsp3) is 0.167. The van der Waals surface area contributed by atoms with Gasteiger partial charge in [-0.15, -0.1) is 0 Å². The molecule has 0 atom stereocenters. The Bertz CT molecular complexity index is 485. The Hall–Kier alpha value is -1.61. The first kappa shape index (κ1) is 10.9. The molecule has 0 unspecified atom stereocenters. The summed E-state index contributed by atoms with van der Waals surface area (Å²) < 4.78 is 0. The zero-order chi connectivity index (χ0) is 11.4. The first-order valence-electron chi connectivity index (χ1n) is 5.12. The number of nitrogens with zero attached hydrogens (tertiary/aromatic N) is 2. The maximum absolute atomic E-state index is 5.94. The molecule has 0 aliphatic heterocycles. The fourth-order valence-electron chi connectivity index (χ4n) is 1.41. The maximum atomic E-state index is 5.94. The molecule has 0 aliphatic carbocycles. The zero-order valence-corrected chi connectivity index (χ0v) is 9.70. The Morgan fingerprint density at radius 2 is 2.19 bits per heavy atom. The van der Waals surface area contributed by atoms with Crippen molar-refractivity contribution in [3.05, 3.63) is 41.6 Å². The molecular weight excluding hydrogens is 222 g/mol. The van der Waals surface area contributed by atoms with E-state index in [0.717, 1.165) is 17.8 Å². The van der Waals surface area contributed by atoms with Crippen molar-refractivity contribution in [2.75, 3.05) is 11.9 Å². The van der Waals surface area contributed by atoms with E-state index >= 15 is 0 Å². The summed E-state index contributed by atoms with van der Waals surface area (Å²) in [7, 11) is 0. The third-order valence-electron chi connectivity index (χ3n) is 2.11. The van der Waals surface area contributed by atoms with Crippen LogP contribution in [0, 0.1) is 0 Å². The van der Waals surface area contributed by atoms with Gasteiger partial charge in [-0.1, -0.05) is 23.7 Å². The number of halogens is 1. The van der Waals surface area contributed by atoms with Gasteiger partial charge in [0, 0.05) is 23.3 Å². The van der Waals surface area contributed by atoms with Crippen molar-refractivity contribution >= 4 is 17.5 Å². The Morgan fingerprint density at radius 3 is 2.94 bits per heavy atom. The van der Waals surface area contributed by atoms with Crippen LogP contribution in [0.25, 0.3) is 11.3 Å². The van der Waals surface area contributed by atoms with Crippen LogP contribution >= 0.6 is 11.6 Å². The first-order chi connectivity index (χ1) is 7.79. The van der Waals surface area contributed by atoms with Crippen molar-refractivity contribution in [3.8, 4) is 11.3 Å². The lowest BCUT2D eigenvalue weighted by molar-refractivity contribution is 1.09. The molecule has 16 heavy (non-hydrogen) atoms. The molecule has 0 saturated heterocycles. The number of hydrogen-bond donors (Lipinski definition) is 1. The van der Waals surface area contributed by atoms with Crippen molar-refractivity contribution in [2.24, 2.45) is 0 Å². The van der Waals surface area contributed by atoms with Crippen LogP contribution in [0.4, 0.5) is 5.95 Å². The molecule has 0 aliphatic rings. The Kier molecular flexibility index (Phi) is 3.37. The molecule has 0 saturated carbocycles. The van der Waals surface area contributed by atoms with Gasteiger partial charge in [0.05, 0.1) is 5.69 Å². The van der Waals surface area contributed by atoms with Crippen LogP contribution in [0.1, 0.15) is 6.92 Å². The minimum absolute atomic E-state index is 0.639. The van der Waals surface area contributed by atoms with Gasteiger partial charge in [-0.2, -0.15) is 0 Å². The Balaban J connectivity index is 2.36. The molecule has 3 nitrogen and oxygen atoms in total. The summed E-state index contributed by atoms with van der Waals surface area (Å²) in [5.41, 5.74) is 1.86. The molecule has 4 heteroatoms. The third-order valence-corrected chi connectivity index (χ3v) is 2.35. The van der Waals surface area contributed by atoms with Crippen LogP contribution in [0.2, 0.25) is 5.02 Å². The van der Waals surface area contributed by atoms with Gasteiger partial charge >= 0.3 is 0 Å². The van der Waals surface area contributed by atoms with Crippen molar-refractivity contribution in [3.63, 3.8) is 0 Å². The average Bonchev–Trinajstić information content (AvgIpc) is 2.30. The molecular formula is C12H12ClN3. The van der Waals surface area contributed by atoms with Gasteiger partial charge in [0.2, 0.25) is 5.95 Å². The molecule has 1 aromatic heterocycles. The zero-order valence-electron chi connectivity index (χ0n) is 8.94. The van der Waals surface area contributed by atoms with E-state index in [1.54, 1.807) is 6.20 Å². The molecule has 82 valence electrons. The summed E-state index contributed by atoms with van der Waals surface area (Å²) in [5, 5.41) is 3.79. The van der Waals surface area contributed by atoms with Gasteiger partial charge in [0.25, 0.3) is 0 Å². The van der Waals surface area contributed by atoms with Crippen molar-refractivity contribution < 1.29 is 0 Å². The SMILES string of the molecule is CCNc1nccc(-c2cccc(Cl)c2)n1. The van der Waals surface area contributed by atoms with Gasteiger partial charge in [-0.3, -0.25) is 0 Å². The quantitative estimate of drug-likeness (QED) is 0.885. The van der Waals surface area contributed by atoms with Gasteiger partial charge < -0.3 is 5.32 Å². The lowest BCUT2D eigenvalue weighted by Crippen LogP contribution is -2.02. The highest BCUT2D eigenvalue weighted by atomic mass is 35.5. The highest BCUT2D eigenvalue weighted by molar-refractivity contribution is 6.30.